The molecule has 2 rings (SSSR count). The second-order valence-electron chi connectivity index (χ2n) is 3.51. The van der Waals surface area contributed by atoms with E-state index < -0.39 is 17.8 Å². The lowest BCUT2D eigenvalue weighted by Gasteiger charge is -2.05. The summed E-state index contributed by atoms with van der Waals surface area (Å²) in [6.07, 6.45) is 0. The van der Waals surface area contributed by atoms with E-state index in [0.717, 1.165) is 18.2 Å². The molecule has 0 saturated carbocycles. The van der Waals surface area contributed by atoms with Gasteiger partial charge in [-0.05, 0) is 24.3 Å². The van der Waals surface area contributed by atoms with Crippen molar-refractivity contribution in [2.45, 2.75) is 0 Å². The van der Waals surface area contributed by atoms with Gasteiger partial charge in [0.1, 0.15) is 11.5 Å². The molecule has 2 aromatic rings. The molecule has 0 fully saturated rings. The molecule has 0 amide bonds. The quantitative estimate of drug-likeness (QED) is 0.822. The largest absolute Gasteiger partial charge is 0.478 e. The molecular weight excluding hydrogens is 241 g/mol. The molecule has 0 atom stereocenters. The van der Waals surface area contributed by atoms with Crippen molar-refractivity contribution < 1.29 is 23.8 Å². The number of fused-ring (bicyclic) bond motifs is 1. The summed E-state index contributed by atoms with van der Waals surface area (Å²) in [5.74, 6) is -2.58. The highest BCUT2D eigenvalue weighted by atomic mass is 19.1. The van der Waals surface area contributed by atoms with E-state index in [1.54, 1.807) is 0 Å². The Morgan fingerprint density at radius 2 is 2.06 bits per heavy atom. The average molecular weight is 249 g/mol. The van der Waals surface area contributed by atoms with E-state index >= 15 is 0 Å². The predicted molar refractivity (Wildman–Crippen MR) is 60.0 cm³/mol. The summed E-state index contributed by atoms with van der Waals surface area (Å²) in [7, 11) is 1.17. The van der Waals surface area contributed by atoms with Crippen LogP contribution in [0, 0.1) is 5.82 Å². The van der Waals surface area contributed by atoms with Crippen molar-refractivity contribution in [3.05, 3.63) is 41.3 Å². The van der Waals surface area contributed by atoms with E-state index in [4.69, 9.17) is 5.11 Å². The number of rotatable bonds is 2. The second kappa shape index (κ2) is 4.40. The highest BCUT2D eigenvalue weighted by Gasteiger charge is 2.16. The van der Waals surface area contributed by atoms with Gasteiger partial charge in [0.2, 0.25) is 0 Å². The lowest BCUT2D eigenvalue weighted by molar-refractivity contribution is 0.0594. The van der Waals surface area contributed by atoms with Gasteiger partial charge < -0.3 is 9.84 Å². The van der Waals surface area contributed by atoms with Crippen LogP contribution >= 0.6 is 0 Å². The number of carboxylic acids is 1. The number of halogens is 1. The van der Waals surface area contributed by atoms with Crippen molar-refractivity contribution in [1.82, 2.24) is 4.98 Å². The number of benzene rings is 1. The Hall–Kier alpha value is -2.50. The summed E-state index contributed by atoms with van der Waals surface area (Å²) in [5.41, 5.74) is -0.106. The number of nitrogens with zero attached hydrogens (tertiary/aromatic N) is 1. The third kappa shape index (κ3) is 2.00. The van der Waals surface area contributed by atoms with E-state index in [1.165, 1.54) is 13.2 Å². The summed E-state index contributed by atoms with van der Waals surface area (Å²) < 4.78 is 17.6. The molecule has 1 aromatic carbocycles. The molecule has 5 nitrogen and oxygen atoms in total. The van der Waals surface area contributed by atoms with Crippen molar-refractivity contribution >= 4 is 22.8 Å². The third-order valence-corrected chi connectivity index (χ3v) is 2.40. The van der Waals surface area contributed by atoms with Gasteiger partial charge in [0.25, 0.3) is 0 Å². The summed E-state index contributed by atoms with van der Waals surface area (Å²) in [6.45, 7) is 0. The number of hydrogen-bond donors (Lipinski definition) is 1. The number of pyridine rings is 1. The van der Waals surface area contributed by atoms with Gasteiger partial charge in [0.05, 0.1) is 18.2 Å². The van der Waals surface area contributed by atoms with Gasteiger partial charge in [-0.1, -0.05) is 0 Å². The molecule has 1 aromatic heterocycles. The van der Waals surface area contributed by atoms with Crippen LogP contribution in [0.2, 0.25) is 0 Å². The van der Waals surface area contributed by atoms with E-state index in [1.807, 2.05) is 0 Å². The SMILES string of the molecule is COC(=O)c1cc(C(=O)O)c2cc(F)ccc2n1. The standard InChI is InChI=1S/C12H8FNO4/c1-18-12(17)10-5-8(11(15)16)7-4-6(13)2-3-9(7)14-10/h2-5H,1H3,(H,15,16). The zero-order valence-corrected chi connectivity index (χ0v) is 9.31. The minimum atomic E-state index is -1.27. The van der Waals surface area contributed by atoms with Crippen LogP contribution in [0.15, 0.2) is 24.3 Å². The van der Waals surface area contributed by atoms with Crippen LogP contribution < -0.4 is 0 Å². The molecule has 6 heteroatoms. The van der Waals surface area contributed by atoms with Gasteiger partial charge in [-0.25, -0.2) is 19.0 Å². The normalized spacial score (nSPS) is 10.3. The second-order valence-corrected chi connectivity index (χ2v) is 3.51. The van der Waals surface area contributed by atoms with Gasteiger partial charge in [-0.15, -0.1) is 0 Å². The monoisotopic (exact) mass is 249 g/mol. The number of carbonyl (C=O) groups is 2. The molecule has 0 aliphatic rings. The van der Waals surface area contributed by atoms with Gasteiger partial charge in [-0.2, -0.15) is 0 Å². The first-order valence-electron chi connectivity index (χ1n) is 4.95. The van der Waals surface area contributed by atoms with Gasteiger partial charge in [-0.3, -0.25) is 0 Å². The molecule has 1 N–H and O–H groups in total. The van der Waals surface area contributed by atoms with Gasteiger partial charge >= 0.3 is 11.9 Å². The van der Waals surface area contributed by atoms with Crippen LogP contribution in [0.4, 0.5) is 4.39 Å². The fourth-order valence-corrected chi connectivity index (χ4v) is 1.58. The molecule has 0 radical (unpaired) electrons. The zero-order valence-electron chi connectivity index (χ0n) is 9.31. The molecule has 0 spiro atoms. The van der Waals surface area contributed by atoms with E-state index in [9.17, 15) is 14.0 Å². The predicted octanol–water partition coefficient (Wildman–Crippen LogP) is 1.86. The van der Waals surface area contributed by atoms with Crippen molar-refractivity contribution in [2.75, 3.05) is 7.11 Å². The smallest absolute Gasteiger partial charge is 0.356 e. The van der Waals surface area contributed by atoms with Crippen LogP contribution in [0.1, 0.15) is 20.8 Å². The first kappa shape index (κ1) is 12.0. The molecule has 0 bridgehead atoms. The minimum Gasteiger partial charge on any atom is -0.478 e. The first-order valence-corrected chi connectivity index (χ1v) is 4.95. The summed E-state index contributed by atoms with van der Waals surface area (Å²) in [6, 6.07) is 4.58. The number of hydrogen-bond acceptors (Lipinski definition) is 4. The van der Waals surface area contributed by atoms with Crippen LogP contribution in [0.25, 0.3) is 10.9 Å². The maximum Gasteiger partial charge on any atom is 0.356 e. The highest BCUT2D eigenvalue weighted by molar-refractivity contribution is 6.05. The number of aromatic carboxylic acids is 1. The first-order chi connectivity index (χ1) is 8.52. The molecule has 0 aliphatic carbocycles. The van der Waals surface area contributed by atoms with Gasteiger partial charge in [0.15, 0.2) is 0 Å². The Balaban J connectivity index is 2.78. The fraction of sp³-hybridized carbons (Fsp3) is 0.0833. The van der Waals surface area contributed by atoms with Crippen LogP contribution in [0.3, 0.4) is 0 Å². The number of aromatic nitrogens is 1. The average Bonchev–Trinajstić information content (AvgIpc) is 2.36. The highest BCUT2D eigenvalue weighted by Crippen LogP contribution is 2.20. The van der Waals surface area contributed by atoms with Crippen molar-refractivity contribution in [1.29, 1.82) is 0 Å². The summed E-state index contributed by atoms with van der Waals surface area (Å²) >= 11 is 0. The van der Waals surface area contributed by atoms with E-state index in [0.29, 0.717) is 0 Å². The molecule has 0 aliphatic heterocycles. The molecule has 92 valence electrons. The van der Waals surface area contributed by atoms with Crippen molar-refractivity contribution in [3.8, 4) is 0 Å². The lowest BCUT2D eigenvalue weighted by Crippen LogP contribution is -2.08. The number of methoxy groups -OCH3 is 1. The van der Waals surface area contributed by atoms with Crippen molar-refractivity contribution in [2.24, 2.45) is 0 Å². The van der Waals surface area contributed by atoms with Crippen LogP contribution in [0.5, 0.6) is 0 Å². The Bertz CT molecular complexity index is 654. The lowest BCUT2D eigenvalue weighted by atomic mass is 10.1. The molecular formula is C12H8FNO4. The van der Waals surface area contributed by atoms with Gasteiger partial charge in [0, 0.05) is 5.39 Å². The van der Waals surface area contributed by atoms with E-state index in [-0.39, 0.29) is 22.2 Å². The third-order valence-electron chi connectivity index (χ3n) is 2.40. The number of carboxylic acid groups (broad SMARTS) is 1. The number of ether oxygens (including phenoxy) is 1. The molecule has 18 heavy (non-hydrogen) atoms. The number of carbonyl (C=O) groups excluding carboxylic acids is 1. The maximum absolute atomic E-state index is 13.1. The maximum atomic E-state index is 13.1. The van der Waals surface area contributed by atoms with Crippen LogP contribution in [-0.2, 0) is 4.74 Å². The van der Waals surface area contributed by atoms with Crippen LogP contribution in [-0.4, -0.2) is 29.1 Å². The Morgan fingerprint density at radius 3 is 2.67 bits per heavy atom. The molecule has 1 heterocycles. The topological polar surface area (TPSA) is 76.5 Å². The molecule has 0 unspecified atom stereocenters. The summed E-state index contributed by atoms with van der Waals surface area (Å²) in [5, 5.41) is 9.18. The Labute approximate surface area is 101 Å². The van der Waals surface area contributed by atoms with E-state index in [2.05, 4.69) is 9.72 Å². The molecule has 0 saturated heterocycles. The van der Waals surface area contributed by atoms with Crippen molar-refractivity contribution in [3.63, 3.8) is 0 Å². The fourth-order valence-electron chi connectivity index (χ4n) is 1.58. The Morgan fingerprint density at radius 1 is 1.33 bits per heavy atom. The minimum absolute atomic E-state index is 0.131. The Kier molecular flexibility index (Phi) is 2.93. The number of esters is 1. The zero-order chi connectivity index (χ0) is 13.3. The summed E-state index contributed by atoms with van der Waals surface area (Å²) in [4.78, 5) is 26.4.